The summed E-state index contributed by atoms with van der Waals surface area (Å²) in [4.78, 5) is 28.4. The number of amides is 1. The second kappa shape index (κ2) is 7.48. The minimum atomic E-state index is -0.738. The van der Waals surface area contributed by atoms with Crippen molar-refractivity contribution < 1.29 is 13.9 Å². The van der Waals surface area contributed by atoms with Gasteiger partial charge >= 0.3 is 6.09 Å². The van der Waals surface area contributed by atoms with Crippen molar-refractivity contribution in [1.82, 2.24) is 19.9 Å². The van der Waals surface area contributed by atoms with Crippen LogP contribution in [-0.2, 0) is 4.74 Å². The zero-order chi connectivity index (χ0) is 20.8. The average molecular weight is 430 g/mol. The predicted octanol–water partition coefficient (Wildman–Crippen LogP) is 4.30. The fourth-order valence-electron chi connectivity index (χ4n) is 3.40. The maximum atomic E-state index is 14.4. The molecule has 2 aromatic heterocycles. The molecule has 0 bridgehead atoms. The number of anilines is 1. The van der Waals surface area contributed by atoms with Gasteiger partial charge in [-0.25, -0.2) is 19.2 Å². The Balaban J connectivity index is 1.93. The molecule has 7 nitrogen and oxygen atoms in total. The highest BCUT2D eigenvalue weighted by atomic mass is 35.5. The number of halogens is 3. The van der Waals surface area contributed by atoms with E-state index in [-0.39, 0.29) is 34.1 Å². The summed E-state index contributed by atoms with van der Waals surface area (Å²) in [5, 5.41) is 0.0552. The number of fused-ring (bicyclic) bond motifs is 1. The Kier molecular flexibility index (Phi) is 5.55. The molecule has 1 saturated heterocycles. The summed E-state index contributed by atoms with van der Waals surface area (Å²) in [5.74, 6) is -0.279. The van der Waals surface area contributed by atoms with Gasteiger partial charge < -0.3 is 9.64 Å². The molecule has 0 saturated carbocycles. The van der Waals surface area contributed by atoms with Gasteiger partial charge in [-0.15, -0.1) is 0 Å². The number of rotatable bonds is 1. The second-order valence-electron chi connectivity index (χ2n) is 7.93. The maximum absolute atomic E-state index is 14.4. The number of hydrogen-bond donors (Lipinski definition) is 0. The summed E-state index contributed by atoms with van der Waals surface area (Å²) in [5.41, 5.74) is -0.558. The molecule has 3 heterocycles. The number of nitrogens with zero attached hydrogens (tertiary/aromatic N) is 5. The molecule has 0 N–H and O–H groups in total. The van der Waals surface area contributed by atoms with Crippen molar-refractivity contribution in [3.05, 3.63) is 22.5 Å². The van der Waals surface area contributed by atoms with E-state index in [0.29, 0.717) is 24.3 Å². The quantitative estimate of drug-likeness (QED) is 0.496. The minimum Gasteiger partial charge on any atom is -0.444 e. The van der Waals surface area contributed by atoms with Gasteiger partial charge in [0.25, 0.3) is 0 Å². The molecule has 0 unspecified atom stereocenters. The van der Waals surface area contributed by atoms with Crippen molar-refractivity contribution >= 4 is 46.0 Å². The zero-order valence-corrected chi connectivity index (χ0v) is 17.8. The van der Waals surface area contributed by atoms with Crippen molar-refractivity contribution in [2.75, 3.05) is 18.0 Å². The fraction of sp³-hybridized carbons (Fsp3) is 0.556. The summed E-state index contributed by atoms with van der Waals surface area (Å²) in [7, 11) is 0. The van der Waals surface area contributed by atoms with Crippen LogP contribution in [0, 0.1) is 5.82 Å². The van der Waals surface area contributed by atoms with Crippen LogP contribution >= 0.6 is 23.2 Å². The number of ether oxygens (including phenoxy) is 1. The van der Waals surface area contributed by atoms with Crippen LogP contribution in [0.1, 0.15) is 34.6 Å². The fourth-order valence-corrected chi connectivity index (χ4v) is 3.71. The van der Waals surface area contributed by atoms with Gasteiger partial charge in [0.1, 0.15) is 16.9 Å². The molecule has 1 amide bonds. The number of pyridine rings is 1. The van der Waals surface area contributed by atoms with Gasteiger partial charge in [0.2, 0.25) is 5.28 Å². The lowest BCUT2D eigenvalue weighted by Crippen LogP contribution is -2.59. The maximum Gasteiger partial charge on any atom is 0.410 e. The van der Waals surface area contributed by atoms with Crippen molar-refractivity contribution in [2.45, 2.75) is 52.3 Å². The van der Waals surface area contributed by atoms with Crippen LogP contribution in [0.3, 0.4) is 0 Å². The van der Waals surface area contributed by atoms with Crippen molar-refractivity contribution in [3.63, 3.8) is 0 Å². The molecule has 1 aliphatic heterocycles. The first-order valence-electron chi connectivity index (χ1n) is 8.91. The van der Waals surface area contributed by atoms with Crippen molar-refractivity contribution in [2.24, 2.45) is 0 Å². The number of piperazine rings is 1. The molecule has 10 heteroatoms. The van der Waals surface area contributed by atoms with E-state index in [4.69, 9.17) is 27.9 Å². The summed E-state index contributed by atoms with van der Waals surface area (Å²) >= 11 is 11.8. The molecule has 2 aromatic rings. The van der Waals surface area contributed by atoms with Gasteiger partial charge in [-0.05, 0) is 46.2 Å². The van der Waals surface area contributed by atoms with Gasteiger partial charge in [-0.3, -0.25) is 4.90 Å². The number of hydrogen-bond acceptors (Lipinski definition) is 6. The monoisotopic (exact) mass is 429 g/mol. The van der Waals surface area contributed by atoms with E-state index in [1.165, 1.54) is 6.20 Å². The van der Waals surface area contributed by atoms with Crippen molar-refractivity contribution in [1.29, 1.82) is 0 Å². The molecule has 0 spiro atoms. The Morgan fingerprint density at radius 1 is 1.21 bits per heavy atom. The predicted molar refractivity (Wildman–Crippen MR) is 107 cm³/mol. The van der Waals surface area contributed by atoms with Crippen LogP contribution < -0.4 is 4.90 Å². The third-order valence-electron chi connectivity index (χ3n) is 4.42. The summed E-state index contributed by atoms with van der Waals surface area (Å²) in [6, 6.07) is -0.319. The highest BCUT2D eigenvalue weighted by Crippen LogP contribution is 2.31. The van der Waals surface area contributed by atoms with Crippen molar-refractivity contribution in [3.8, 4) is 0 Å². The Bertz CT molecular complexity index is 909. The second-order valence-corrected chi connectivity index (χ2v) is 8.63. The number of aromatic nitrogens is 3. The van der Waals surface area contributed by atoms with Crippen LogP contribution in [0.25, 0.3) is 10.9 Å². The topological polar surface area (TPSA) is 71.5 Å². The lowest BCUT2D eigenvalue weighted by molar-refractivity contribution is 0.00562. The molecule has 28 heavy (non-hydrogen) atoms. The van der Waals surface area contributed by atoms with Crippen LogP contribution in [0.15, 0.2) is 6.20 Å². The third kappa shape index (κ3) is 4.07. The molecule has 0 radical (unpaired) electrons. The van der Waals surface area contributed by atoms with E-state index in [1.807, 2.05) is 39.5 Å². The van der Waals surface area contributed by atoms with Crippen LogP contribution in [0.2, 0.25) is 10.4 Å². The summed E-state index contributed by atoms with van der Waals surface area (Å²) in [6.45, 7) is 10.3. The molecule has 1 aliphatic rings. The largest absolute Gasteiger partial charge is 0.444 e. The first kappa shape index (κ1) is 20.8. The van der Waals surface area contributed by atoms with Crippen LogP contribution in [0.4, 0.5) is 15.0 Å². The molecule has 152 valence electrons. The molecule has 1 fully saturated rings. The van der Waals surface area contributed by atoms with E-state index in [1.54, 1.807) is 4.90 Å². The molecule has 2 atom stereocenters. The van der Waals surface area contributed by atoms with E-state index in [0.717, 1.165) is 0 Å². The normalized spacial score (nSPS) is 20.6. The number of carbonyl (C=O) groups excluding carboxylic acids is 1. The molecule has 0 aliphatic carbocycles. The van der Waals surface area contributed by atoms with E-state index < -0.39 is 11.4 Å². The lowest BCUT2D eigenvalue weighted by Gasteiger charge is -2.45. The highest BCUT2D eigenvalue weighted by Gasteiger charge is 2.36. The molecular weight excluding hydrogens is 408 g/mol. The van der Waals surface area contributed by atoms with Crippen LogP contribution in [-0.4, -0.2) is 56.7 Å². The zero-order valence-electron chi connectivity index (χ0n) is 16.3. The van der Waals surface area contributed by atoms with E-state index in [2.05, 4.69) is 15.0 Å². The van der Waals surface area contributed by atoms with Gasteiger partial charge in [0.15, 0.2) is 11.0 Å². The third-order valence-corrected chi connectivity index (χ3v) is 4.85. The standard InChI is InChI=1S/C18H22Cl2FN5O2/c1-9-7-25(8-10(2)26(9)17(27)28-18(3,4)5)15-11-6-22-14(19)12(21)13(11)23-16(20)24-15/h6,9-10H,7-8H2,1-5H3/t9-,10+. The van der Waals surface area contributed by atoms with E-state index in [9.17, 15) is 9.18 Å². The Morgan fingerprint density at radius 3 is 2.39 bits per heavy atom. The first-order valence-corrected chi connectivity index (χ1v) is 9.67. The van der Waals surface area contributed by atoms with Gasteiger partial charge in [-0.2, -0.15) is 4.98 Å². The SMILES string of the molecule is C[C@@H]1CN(c2nc(Cl)nc3c(F)c(Cl)ncc23)C[C@H](C)N1C(=O)OC(C)(C)C. The average Bonchev–Trinajstić information content (AvgIpc) is 2.55. The molecule has 0 aromatic carbocycles. The van der Waals surface area contributed by atoms with Gasteiger partial charge in [0.05, 0.1) is 17.5 Å². The highest BCUT2D eigenvalue weighted by molar-refractivity contribution is 6.30. The number of carbonyl (C=O) groups is 1. The lowest BCUT2D eigenvalue weighted by atomic mass is 10.1. The first-order chi connectivity index (χ1) is 13.0. The van der Waals surface area contributed by atoms with E-state index >= 15 is 0 Å². The molecular formula is C18H22Cl2FN5O2. The van der Waals surface area contributed by atoms with Gasteiger partial charge in [-0.1, -0.05) is 11.6 Å². The summed E-state index contributed by atoms with van der Waals surface area (Å²) < 4.78 is 19.9. The summed E-state index contributed by atoms with van der Waals surface area (Å²) in [6.07, 6.45) is 1.07. The Labute approximate surface area is 172 Å². The Hall–Kier alpha value is -1.93. The molecule has 3 rings (SSSR count). The van der Waals surface area contributed by atoms with Gasteiger partial charge in [0, 0.05) is 19.3 Å². The Morgan fingerprint density at radius 2 is 1.82 bits per heavy atom. The smallest absolute Gasteiger partial charge is 0.410 e. The minimum absolute atomic E-state index is 0.0184. The van der Waals surface area contributed by atoms with Crippen LogP contribution in [0.5, 0.6) is 0 Å².